The lowest BCUT2D eigenvalue weighted by Crippen LogP contribution is -2.16. The van der Waals surface area contributed by atoms with Crippen molar-refractivity contribution in [2.75, 3.05) is 0 Å². The van der Waals surface area contributed by atoms with Crippen molar-refractivity contribution in [2.45, 2.75) is 24.3 Å². The van der Waals surface area contributed by atoms with E-state index in [1.807, 2.05) is 6.92 Å². The molecule has 0 N–H and O–H groups in total. The fraction of sp³-hybridized carbons (Fsp3) is 0.235. The van der Waals surface area contributed by atoms with E-state index in [0.717, 1.165) is 29.5 Å². The van der Waals surface area contributed by atoms with Crippen LogP contribution in [0.25, 0.3) is 11.4 Å². The first-order valence-corrected chi connectivity index (χ1v) is 8.36. The summed E-state index contributed by atoms with van der Waals surface area (Å²) in [6.07, 6.45) is 1.57. The van der Waals surface area contributed by atoms with Gasteiger partial charge in [-0.25, -0.2) is 8.78 Å². The smallest absolute Gasteiger partial charge is 0.191 e. The summed E-state index contributed by atoms with van der Waals surface area (Å²) in [6.45, 7) is 3.47. The molecule has 0 spiro atoms. The zero-order valence-electron chi connectivity index (χ0n) is 13.8. The van der Waals surface area contributed by atoms with Crippen LogP contribution in [-0.2, 0) is 7.05 Å². The predicted octanol–water partition coefficient (Wildman–Crippen LogP) is 4.03. The van der Waals surface area contributed by atoms with Gasteiger partial charge in [0, 0.05) is 13.1 Å². The van der Waals surface area contributed by atoms with E-state index in [9.17, 15) is 13.6 Å². The molecule has 0 bridgehead atoms. The highest BCUT2D eigenvalue weighted by atomic mass is 32.2. The van der Waals surface area contributed by atoms with E-state index in [0.29, 0.717) is 22.8 Å². The highest BCUT2D eigenvalue weighted by Crippen LogP contribution is 2.29. The van der Waals surface area contributed by atoms with E-state index in [2.05, 4.69) is 10.2 Å². The van der Waals surface area contributed by atoms with Crippen LogP contribution in [0.2, 0.25) is 0 Å². The van der Waals surface area contributed by atoms with Gasteiger partial charge >= 0.3 is 0 Å². The Bertz CT molecular complexity index is 936. The quantitative estimate of drug-likeness (QED) is 0.506. The Kier molecular flexibility index (Phi) is 4.71. The summed E-state index contributed by atoms with van der Waals surface area (Å²) >= 11 is 1.16. The van der Waals surface area contributed by atoms with Crippen LogP contribution in [0.5, 0.6) is 0 Å². The number of rotatable bonds is 5. The molecule has 2 aromatic heterocycles. The number of hydrogen-bond donors (Lipinski definition) is 0. The molecule has 0 radical (unpaired) electrons. The van der Waals surface area contributed by atoms with Gasteiger partial charge in [0.05, 0.1) is 22.6 Å². The normalized spacial score (nSPS) is 12.4. The van der Waals surface area contributed by atoms with E-state index in [1.54, 1.807) is 30.9 Å². The number of ketones is 1. The van der Waals surface area contributed by atoms with Gasteiger partial charge in [0.25, 0.3) is 0 Å². The van der Waals surface area contributed by atoms with Crippen molar-refractivity contribution in [1.29, 1.82) is 0 Å². The number of carbonyl (C=O) groups excluding carboxylic acids is 1. The number of nitrogens with zero attached hydrogens (tertiary/aromatic N) is 3. The number of halogens is 2. The molecule has 0 saturated heterocycles. The SMILES string of the molecule is Cc1occc1-c1nnc(SC(C)C(=O)c2ccc(F)cc2F)n1C. The summed E-state index contributed by atoms with van der Waals surface area (Å²) in [5.41, 5.74) is 0.667. The van der Waals surface area contributed by atoms with Crippen LogP contribution in [0.15, 0.2) is 40.1 Å². The van der Waals surface area contributed by atoms with Crippen molar-refractivity contribution >= 4 is 17.5 Å². The zero-order valence-corrected chi connectivity index (χ0v) is 14.6. The summed E-state index contributed by atoms with van der Waals surface area (Å²) in [7, 11) is 1.78. The molecule has 0 saturated carbocycles. The minimum atomic E-state index is -0.870. The Morgan fingerprint density at radius 3 is 2.68 bits per heavy atom. The molecule has 1 atom stereocenters. The van der Waals surface area contributed by atoms with Crippen LogP contribution >= 0.6 is 11.8 Å². The van der Waals surface area contributed by atoms with Gasteiger partial charge in [-0.15, -0.1) is 10.2 Å². The van der Waals surface area contributed by atoms with Crippen molar-refractivity contribution in [3.05, 3.63) is 53.5 Å². The lowest BCUT2D eigenvalue weighted by Gasteiger charge is -2.10. The minimum absolute atomic E-state index is 0.144. The van der Waals surface area contributed by atoms with E-state index >= 15 is 0 Å². The highest BCUT2D eigenvalue weighted by molar-refractivity contribution is 8.00. The van der Waals surface area contributed by atoms with Gasteiger partial charge in [0.15, 0.2) is 16.8 Å². The fourth-order valence-electron chi connectivity index (χ4n) is 2.39. The van der Waals surface area contributed by atoms with Crippen LogP contribution in [0.3, 0.4) is 0 Å². The fourth-order valence-corrected chi connectivity index (χ4v) is 3.27. The van der Waals surface area contributed by atoms with Crippen LogP contribution in [0.4, 0.5) is 8.78 Å². The standard InChI is InChI=1S/C17H15F2N3O2S/c1-9-12(6-7-24-9)16-20-21-17(22(16)3)25-10(2)15(23)13-5-4-11(18)8-14(13)19/h4-8,10H,1-3H3. The molecule has 25 heavy (non-hydrogen) atoms. The minimum Gasteiger partial charge on any atom is -0.469 e. The lowest BCUT2D eigenvalue weighted by molar-refractivity contribution is 0.0990. The van der Waals surface area contributed by atoms with Gasteiger partial charge in [-0.3, -0.25) is 4.79 Å². The number of carbonyl (C=O) groups is 1. The van der Waals surface area contributed by atoms with Crippen molar-refractivity contribution < 1.29 is 18.0 Å². The van der Waals surface area contributed by atoms with E-state index in [1.165, 1.54) is 0 Å². The number of hydrogen-bond acceptors (Lipinski definition) is 5. The lowest BCUT2D eigenvalue weighted by atomic mass is 10.1. The maximum atomic E-state index is 13.8. The third kappa shape index (κ3) is 3.34. The topological polar surface area (TPSA) is 60.9 Å². The Morgan fingerprint density at radius 1 is 1.28 bits per heavy atom. The first-order chi connectivity index (χ1) is 11.9. The molecule has 0 fully saturated rings. The van der Waals surface area contributed by atoms with Crippen LogP contribution in [0.1, 0.15) is 23.0 Å². The molecule has 2 heterocycles. The molecule has 1 unspecified atom stereocenters. The number of Topliss-reactive ketones (excluding diaryl/α,β-unsaturated/α-hetero) is 1. The van der Waals surface area contributed by atoms with Gasteiger partial charge in [0.2, 0.25) is 0 Å². The molecule has 0 aliphatic rings. The second-order valence-corrected chi connectivity index (χ2v) is 6.81. The molecule has 130 valence electrons. The molecule has 0 amide bonds. The Morgan fingerprint density at radius 2 is 2.04 bits per heavy atom. The summed E-state index contributed by atoms with van der Waals surface area (Å²) in [5, 5.41) is 8.13. The van der Waals surface area contributed by atoms with Crippen molar-refractivity contribution in [3.8, 4) is 11.4 Å². The molecule has 0 aliphatic carbocycles. The number of furan rings is 1. The second kappa shape index (κ2) is 6.79. The van der Waals surface area contributed by atoms with Gasteiger partial charge < -0.3 is 8.98 Å². The van der Waals surface area contributed by atoms with Gasteiger partial charge in [-0.2, -0.15) is 0 Å². The molecular weight excluding hydrogens is 348 g/mol. The highest BCUT2D eigenvalue weighted by Gasteiger charge is 2.23. The maximum absolute atomic E-state index is 13.8. The summed E-state index contributed by atoms with van der Waals surface area (Å²) in [6, 6.07) is 4.71. The number of thioether (sulfide) groups is 1. The Labute approximate surface area is 147 Å². The number of benzene rings is 1. The molecule has 3 aromatic rings. The average Bonchev–Trinajstić information content (AvgIpc) is 3.13. The van der Waals surface area contributed by atoms with Crippen LogP contribution < -0.4 is 0 Å². The van der Waals surface area contributed by atoms with E-state index in [-0.39, 0.29) is 5.56 Å². The average molecular weight is 363 g/mol. The van der Waals surface area contributed by atoms with Crippen LogP contribution in [-0.4, -0.2) is 25.8 Å². The molecule has 8 heteroatoms. The van der Waals surface area contributed by atoms with Crippen LogP contribution in [0, 0.1) is 18.6 Å². The van der Waals surface area contributed by atoms with E-state index in [4.69, 9.17) is 4.42 Å². The largest absolute Gasteiger partial charge is 0.469 e. The number of aromatic nitrogens is 3. The summed E-state index contributed by atoms with van der Waals surface area (Å²) in [4.78, 5) is 12.4. The first kappa shape index (κ1) is 17.3. The van der Waals surface area contributed by atoms with Gasteiger partial charge in [-0.1, -0.05) is 11.8 Å². The Balaban J connectivity index is 1.82. The van der Waals surface area contributed by atoms with Gasteiger partial charge in [0.1, 0.15) is 17.4 Å². The van der Waals surface area contributed by atoms with E-state index < -0.39 is 22.7 Å². The molecular formula is C17H15F2N3O2S. The first-order valence-electron chi connectivity index (χ1n) is 7.48. The second-order valence-electron chi connectivity index (χ2n) is 5.50. The summed E-state index contributed by atoms with van der Waals surface area (Å²) < 4.78 is 33.8. The Hall–Kier alpha value is -2.48. The summed E-state index contributed by atoms with van der Waals surface area (Å²) in [5.74, 6) is -0.703. The predicted molar refractivity (Wildman–Crippen MR) is 89.4 cm³/mol. The van der Waals surface area contributed by atoms with Crippen molar-refractivity contribution in [3.63, 3.8) is 0 Å². The molecule has 1 aromatic carbocycles. The molecule has 5 nitrogen and oxygen atoms in total. The third-order valence-corrected chi connectivity index (χ3v) is 4.92. The molecule has 3 rings (SSSR count). The van der Waals surface area contributed by atoms with Crippen molar-refractivity contribution in [1.82, 2.24) is 14.8 Å². The number of aryl methyl sites for hydroxylation is 1. The molecule has 0 aliphatic heterocycles. The van der Waals surface area contributed by atoms with Crippen molar-refractivity contribution in [2.24, 2.45) is 7.05 Å². The zero-order chi connectivity index (χ0) is 18.1. The third-order valence-electron chi connectivity index (χ3n) is 3.78. The van der Waals surface area contributed by atoms with Gasteiger partial charge in [-0.05, 0) is 32.0 Å². The monoisotopic (exact) mass is 363 g/mol. The maximum Gasteiger partial charge on any atom is 0.191 e.